The smallest absolute Gasteiger partial charge is 0.123 e. The van der Waals surface area contributed by atoms with E-state index in [0.29, 0.717) is 6.54 Å². The molecule has 4 nitrogen and oxygen atoms in total. The second-order valence-electron chi connectivity index (χ2n) is 6.66. The molecular formula is C24H21NO3. The zero-order chi connectivity index (χ0) is 19.5. The van der Waals surface area contributed by atoms with Gasteiger partial charge in [-0.15, -0.1) is 0 Å². The second-order valence-corrected chi connectivity index (χ2v) is 6.66. The fourth-order valence-electron chi connectivity index (χ4n) is 3.37. The molecule has 0 spiro atoms. The number of ether oxygens (including phenoxy) is 1. The van der Waals surface area contributed by atoms with Crippen molar-refractivity contribution in [3.05, 3.63) is 90.8 Å². The van der Waals surface area contributed by atoms with Crippen molar-refractivity contribution in [2.75, 3.05) is 7.11 Å². The fraction of sp³-hybridized carbons (Fsp3) is 0.0833. The summed E-state index contributed by atoms with van der Waals surface area (Å²) < 4.78 is 7.61. The number of rotatable bonds is 5. The van der Waals surface area contributed by atoms with Gasteiger partial charge in [-0.3, -0.25) is 0 Å². The Morgan fingerprint density at radius 3 is 1.71 bits per heavy atom. The Hall–Kier alpha value is -3.66. The molecule has 0 aliphatic carbocycles. The number of aromatic nitrogens is 1. The van der Waals surface area contributed by atoms with Crippen LogP contribution in [0.5, 0.6) is 17.2 Å². The first-order chi connectivity index (χ1) is 13.6. The number of nitrogens with zero attached hydrogens (tertiary/aromatic N) is 1. The lowest BCUT2D eigenvalue weighted by Gasteiger charge is -2.08. The molecule has 140 valence electrons. The van der Waals surface area contributed by atoms with Gasteiger partial charge in [0, 0.05) is 29.1 Å². The van der Waals surface area contributed by atoms with E-state index in [-0.39, 0.29) is 11.5 Å². The number of hydrogen-bond donors (Lipinski definition) is 2. The molecule has 4 heteroatoms. The van der Waals surface area contributed by atoms with Crippen LogP contribution in [0.25, 0.3) is 22.3 Å². The van der Waals surface area contributed by atoms with Crippen LogP contribution in [0, 0.1) is 0 Å². The van der Waals surface area contributed by atoms with Crippen molar-refractivity contribution >= 4 is 0 Å². The summed E-state index contributed by atoms with van der Waals surface area (Å²) in [5.74, 6) is 1.33. The fourth-order valence-corrected chi connectivity index (χ4v) is 3.37. The maximum Gasteiger partial charge on any atom is 0.123 e. The number of methoxy groups -OCH3 is 1. The molecule has 2 N–H and O–H groups in total. The third-order valence-corrected chi connectivity index (χ3v) is 4.78. The minimum Gasteiger partial charge on any atom is -0.508 e. The average molecular weight is 371 g/mol. The number of para-hydroxylation sites is 1. The maximum absolute atomic E-state index is 9.63. The number of phenolic OH excluding ortho intramolecular Hbond substituents is 2. The number of hydrogen-bond acceptors (Lipinski definition) is 3. The molecule has 0 saturated carbocycles. The first-order valence-electron chi connectivity index (χ1n) is 9.04. The van der Waals surface area contributed by atoms with Crippen LogP contribution < -0.4 is 4.74 Å². The van der Waals surface area contributed by atoms with E-state index in [1.807, 2.05) is 42.5 Å². The minimum absolute atomic E-state index is 0.239. The Labute approximate surface area is 163 Å². The predicted octanol–water partition coefficient (Wildman–Crippen LogP) is 5.29. The van der Waals surface area contributed by atoms with Crippen LogP contribution in [0.15, 0.2) is 85.2 Å². The Morgan fingerprint density at radius 1 is 0.714 bits per heavy atom. The third kappa shape index (κ3) is 3.58. The summed E-state index contributed by atoms with van der Waals surface area (Å²) in [7, 11) is 1.68. The van der Waals surface area contributed by atoms with E-state index in [0.717, 1.165) is 33.6 Å². The lowest BCUT2D eigenvalue weighted by Crippen LogP contribution is -1.99. The maximum atomic E-state index is 9.63. The van der Waals surface area contributed by atoms with Crippen molar-refractivity contribution in [2.45, 2.75) is 6.54 Å². The van der Waals surface area contributed by atoms with E-state index in [2.05, 4.69) is 23.0 Å². The van der Waals surface area contributed by atoms with E-state index in [9.17, 15) is 10.2 Å². The monoisotopic (exact) mass is 371 g/mol. The summed E-state index contributed by atoms with van der Waals surface area (Å²) in [6, 6.07) is 22.3. The van der Waals surface area contributed by atoms with Gasteiger partial charge < -0.3 is 19.5 Å². The van der Waals surface area contributed by atoms with E-state index in [4.69, 9.17) is 4.74 Å². The molecule has 0 radical (unpaired) electrons. The Morgan fingerprint density at radius 2 is 1.21 bits per heavy atom. The summed E-state index contributed by atoms with van der Waals surface area (Å²) in [4.78, 5) is 0. The first kappa shape index (κ1) is 17.7. The van der Waals surface area contributed by atoms with Gasteiger partial charge in [0.2, 0.25) is 0 Å². The molecule has 1 aromatic heterocycles. The third-order valence-electron chi connectivity index (χ3n) is 4.78. The SMILES string of the molecule is COc1ccccc1Cn1cc(-c2ccc(O)cc2)c(-c2ccc(O)cc2)c1. The lowest BCUT2D eigenvalue weighted by atomic mass is 9.99. The summed E-state index contributed by atoms with van der Waals surface area (Å²) in [6.07, 6.45) is 4.20. The Bertz CT molecular complexity index is 1020. The van der Waals surface area contributed by atoms with Crippen molar-refractivity contribution in [1.82, 2.24) is 4.57 Å². The van der Waals surface area contributed by atoms with Gasteiger partial charge in [-0.05, 0) is 41.5 Å². The van der Waals surface area contributed by atoms with Crippen LogP contribution in [0.2, 0.25) is 0 Å². The van der Waals surface area contributed by atoms with Crippen molar-refractivity contribution in [1.29, 1.82) is 0 Å². The highest BCUT2D eigenvalue weighted by molar-refractivity contribution is 5.83. The van der Waals surface area contributed by atoms with Crippen LogP contribution >= 0.6 is 0 Å². The van der Waals surface area contributed by atoms with Gasteiger partial charge in [0.1, 0.15) is 17.2 Å². The van der Waals surface area contributed by atoms with Crippen molar-refractivity contribution in [3.63, 3.8) is 0 Å². The molecule has 0 unspecified atom stereocenters. The molecule has 0 aliphatic rings. The zero-order valence-corrected chi connectivity index (χ0v) is 15.5. The van der Waals surface area contributed by atoms with Crippen LogP contribution in [0.1, 0.15) is 5.56 Å². The summed E-state index contributed by atoms with van der Waals surface area (Å²) in [5, 5.41) is 19.3. The summed E-state index contributed by atoms with van der Waals surface area (Å²) in [6.45, 7) is 0.674. The standard InChI is InChI=1S/C24H21NO3/c1-28-24-5-3-2-4-19(24)14-25-15-22(17-6-10-20(26)11-7-17)23(16-25)18-8-12-21(27)13-9-18/h2-13,15-16,26-27H,14H2,1H3. The van der Waals surface area contributed by atoms with Gasteiger partial charge in [0.15, 0.2) is 0 Å². The van der Waals surface area contributed by atoms with Gasteiger partial charge in [-0.2, -0.15) is 0 Å². The predicted molar refractivity (Wildman–Crippen MR) is 111 cm³/mol. The molecular weight excluding hydrogens is 350 g/mol. The molecule has 0 bridgehead atoms. The van der Waals surface area contributed by atoms with Gasteiger partial charge >= 0.3 is 0 Å². The van der Waals surface area contributed by atoms with Crippen LogP contribution in [-0.2, 0) is 6.54 Å². The largest absolute Gasteiger partial charge is 0.508 e. The molecule has 0 atom stereocenters. The Kier molecular flexibility index (Phi) is 4.77. The van der Waals surface area contributed by atoms with E-state index >= 15 is 0 Å². The van der Waals surface area contributed by atoms with Crippen molar-refractivity contribution < 1.29 is 14.9 Å². The topological polar surface area (TPSA) is 54.6 Å². The average Bonchev–Trinajstić information content (AvgIpc) is 3.13. The number of benzene rings is 3. The highest BCUT2D eigenvalue weighted by Gasteiger charge is 2.13. The van der Waals surface area contributed by atoms with Gasteiger partial charge in [0.25, 0.3) is 0 Å². The molecule has 28 heavy (non-hydrogen) atoms. The Balaban J connectivity index is 1.79. The van der Waals surface area contributed by atoms with Crippen LogP contribution in [0.3, 0.4) is 0 Å². The first-order valence-corrected chi connectivity index (χ1v) is 9.04. The molecule has 1 heterocycles. The highest BCUT2D eigenvalue weighted by Crippen LogP contribution is 2.35. The lowest BCUT2D eigenvalue weighted by molar-refractivity contribution is 0.408. The van der Waals surface area contributed by atoms with Gasteiger partial charge in [-0.1, -0.05) is 42.5 Å². The second kappa shape index (κ2) is 7.53. The zero-order valence-electron chi connectivity index (χ0n) is 15.5. The number of phenols is 2. The van der Waals surface area contributed by atoms with E-state index in [1.165, 1.54) is 0 Å². The molecule has 0 aliphatic heterocycles. The summed E-state index contributed by atoms with van der Waals surface area (Å²) >= 11 is 0. The minimum atomic E-state index is 0.239. The van der Waals surface area contributed by atoms with Crippen molar-refractivity contribution in [3.8, 4) is 39.5 Å². The quantitative estimate of drug-likeness (QED) is 0.501. The molecule has 4 rings (SSSR count). The highest BCUT2D eigenvalue weighted by atomic mass is 16.5. The van der Waals surface area contributed by atoms with E-state index < -0.39 is 0 Å². The molecule has 3 aromatic carbocycles. The molecule has 0 amide bonds. The van der Waals surface area contributed by atoms with Gasteiger partial charge in [-0.25, -0.2) is 0 Å². The molecule has 4 aromatic rings. The van der Waals surface area contributed by atoms with Crippen LogP contribution in [-0.4, -0.2) is 21.9 Å². The summed E-state index contributed by atoms with van der Waals surface area (Å²) in [5.41, 5.74) is 5.23. The normalized spacial score (nSPS) is 10.8. The molecule has 0 fully saturated rings. The van der Waals surface area contributed by atoms with E-state index in [1.54, 1.807) is 31.4 Å². The van der Waals surface area contributed by atoms with Gasteiger partial charge in [0.05, 0.1) is 13.7 Å². The number of aromatic hydroxyl groups is 2. The molecule has 0 saturated heterocycles. The van der Waals surface area contributed by atoms with Crippen LogP contribution in [0.4, 0.5) is 0 Å². The van der Waals surface area contributed by atoms with Crippen molar-refractivity contribution in [2.24, 2.45) is 0 Å².